The molecule has 4 atom stereocenters. The van der Waals surface area contributed by atoms with Crippen LogP contribution >= 0.6 is 0 Å². The summed E-state index contributed by atoms with van der Waals surface area (Å²) >= 11 is 0. The van der Waals surface area contributed by atoms with Gasteiger partial charge in [0.2, 0.25) is 5.91 Å². The van der Waals surface area contributed by atoms with E-state index in [1.807, 2.05) is 0 Å². The van der Waals surface area contributed by atoms with Gasteiger partial charge in [-0.3, -0.25) is 14.6 Å². The van der Waals surface area contributed by atoms with Gasteiger partial charge in [0, 0.05) is 45.6 Å². The molecule has 5 fully saturated rings. The zero-order chi connectivity index (χ0) is 16.6. The normalized spacial score (nSPS) is 45.3. The van der Waals surface area contributed by atoms with E-state index in [0.29, 0.717) is 13.2 Å². The number of ether oxygens (including phenoxy) is 2. The fourth-order valence-electron chi connectivity index (χ4n) is 4.61. The molecule has 24 heavy (non-hydrogen) atoms. The van der Waals surface area contributed by atoms with Crippen molar-refractivity contribution < 1.29 is 14.3 Å². The molecule has 2 bridgehead atoms. The number of fused-ring (bicyclic) bond motifs is 4. The molecule has 1 spiro atoms. The van der Waals surface area contributed by atoms with Crippen LogP contribution < -0.4 is 5.32 Å². The molecule has 136 valence electrons. The Balaban J connectivity index is 1.26. The van der Waals surface area contributed by atoms with Gasteiger partial charge in [0.1, 0.15) is 12.1 Å². The average molecular weight is 337 g/mol. The number of nitrogens with one attached hydrogen (secondary N) is 1. The predicted molar refractivity (Wildman–Crippen MR) is 90.6 cm³/mol. The van der Waals surface area contributed by atoms with E-state index in [2.05, 4.69) is 22.0 Å². The number of carbonyl (C=O) groups excluding carboxylic acids is 1. The van der Waals surface area contributed by atoms with Gasteiger partial charge in [-0.25, -0.2) is 0 Å². The van der Waals surface area contributed by atoms with E-state index < -0.39 is 0 Å². The fraction of sp³-hybridized carbons (Fsp3) is 0.944. The third kappa shape index (κ3) is 3.47. The van der Waals surface area contributed by atoms with Gasteiger partial charge in [-0.2, -0.15) is 0 Å². The van der Waals surface area contributed by atoms with Gasteiger partial charge in [0.15, 0.2) is 5.79 Å². The number of rotatable bonds is 3. The Kier molecular flexibility index (Phi) is 4.82. The van der Waals surface area contributed by atoms with Gasteiger partial charge in [-0.05, 0) is 31.7 Å². The maximum Gasteiger partial charge on any atom is 0.238 e. The molecule has 4 saturated heterocycles. The summed E-state index contributed by atoms with van der Waals surface area (Å²) in [5.74, 6) is 0.568. The van der Waals surface area contributed by atoms with E-state index in [0.717, 1.165) is 51.5 Å². The van der Waals surface area contributed by atoms with Crippen LogP contribution in [0.4, 0.5) is 0 Å². The molecule has 5 rings (SSSR count). The van der Waals surface area contributed by atoms with Gasteiger partial charge < -0.3 is 14.8 Å². The minimum atomic E-state index is -0.363. The largest absolute Gasteiger partial charge is 0.352 e. The Morgan fingerprint density at radius 3 is 2.88 bits per heavy atom. The second-order valence-electron chi connectivity index (χ2n) is 8.10. The lowest BCUT2D eigenvalue weighted by atomic mass is 9.86. The molecule has 1 saturated carbocycles. The predicted octanol–water partition coefficient (Wildman–Crippen LogP) is 0.814. The van der Waals surface area contributed by atoms with Crippen LogP contribution in [0.2, 0.25) is 0 Å². The zero-order valence-electron chi connectivity index (χ0n) is 14.8. The van der Waals surface area contributed by atoms with Crippen LogP contribution in [0.3, 0.4) is 0 Å². The second kappa shape index (κ2) is 6.90. The number of amides is 1. The minimum Gasteiger partial charge on any atom is -0.352 e. The van der Waals surface area contributed by atoms with Crippen LogP contribution in [0.25, 0.3) is 0 Å². The van der Waals surface area contributed by atoms with Gasteiger partial charge in [-0.1, -0.05) is 6.92 Å². The van der Waals surface area contributed by atoms with E-state index in [-0.39, 0.29) is 23.8 Å². The summed E-state index contributed by atoms with van der Waals surface area (Å²) in [6.07, 6.45) is 5.50. The van der Waals surface area contributed by atoms with E-state index >= 15 is 0 Å². The van der Waals surface area contributed by atoms with Crippen molar-refractivity contribution in [1.82, 2.24) is 15.1 Å². The van der Waals surface area contributed by atoms with Gasteiger partial charge in [0.05, 0.1) is 6.61 Å². The van der Waals surface area contributed by atoms with E-state index in [9.17, 15) is 4.79 Å². The van der Waals surface area contributed by atoms with Crippen molar-refractivity contribution in [2.24, 2.45) is 5.92 Å². The van der Waals surface area contributed by atoms with Crippen LogP contribution in [0, 0.1) is 5.92 Å². The summed E-state index contributed by atoms with van der Waals surface area (Å²) in [4.78, 5) is 17.4. The number of carbonyl (C=O) groups is 1. The third-order valence-corrected chi connectivity index (χ3v) is 6.25. The Bertz CT molecular complexity index is 460. The standard InChI is InChI=1S/C18H31N3O3/c1-14-3-5-18(6-4-14)23-13-15(24-18)11-19-17(22)16-12-20-7-2-8-21(16)10-9-20/h14-16H,2-13H2,1H3,(H,19,22)/t14?,15-,16-,18?/m1/s1. The topological polar surface area (TPSA) is 54.0 Å². The molecular formula is C18H31N3O3. The van der Waals surface area contributed by atoms with Crippen LogP contribution in [0.1, 0.15) is 39.0 Å². The molecule has 0 aromatic heterocycles. The summed E-state index contributed by atoms with van der Waals surface area (Å²) in [6, 6.07) is 0.00746. The smallest absolute Gasteiger partial charge is 0.238 e. The van der Waals surface area contributed by atoms with Crippen molar-refractivity contribution in [2.75, 3.05) is 45.9 Å². The quantitative estimate of drug-likeness (QED) is 0.826. The highest BCUT2D eigenvalue weighted by Gasteiger charge is 2.43. The van der Waals surface area contributed by atoms with Crippen LogP contribution in [0.15, 0.2) is 0 Å². The molecule has 6 heteroatoms. The molecule has 1 amide bonds. The van der Waals surface area contributed by atoms with Crippen LogP contribution in [0.5, 0.6) is 0 Å². The van der Waals surface area contributed by atoms with Crippen LogP contribution in [-0.4, -0.2) is 79.5 Å². The summed E-state index contributed by atoms with van der Waals surface area (Å²) in [5.41, 5.74) is 0. The molecular weight excluding hydrogens is 306 g/mol. The van der Waals surface area contributed by atoms with E-state index in [1.54, 1.807) is 0 Å². The average Bonchev–Trinajstić information content (AvgIpc) is 2.76. The van der Waals surface area contributed by atoms with Gasteiger partial charge in [0.25, 0.3) is 0 Å². The number of nitrogens with zero attached hydrogens (tertiary/aromatic N) is 2. The zero-order valence-corrected chi connectivity index (χ0v) is 14.8. The van der Waals surface area contributed by atoms with E-state index in [1.165, 1.54) is 19.3 Å². The second-order valence-corrected chi connectivity index (χ2v) is 8.10. The molecule has 0 radical (unpaired) electrons. The van der Waals surface area contributed by atoms with Crippen LogP contribution in [-0.2, 0) is 14.3 Å². The highest BCUT2D eigenvalue weighted by Crippen LogP contribution is 2.39. The lowest BCUT2D eigenvalue weighted by molar-refractivity contribution is -0.191. The minimum absolute atomic E-state index is 0.000581. The Morgan fingerprint density at radius 2 is 2.04 bits per heavy atom. The fourth-order valence-corrected chi connectivity index (χ4v) is 4.61. The summed E-state index contributed by atoms with van der Waals surface area (Å²) in [7, 11) is 0. The van der Waals surface area contributed by atoms with E-state index in [4.69, 9.17) is 9.47 Å². The van der Waals surface area contributed by atoms with Crippen molar-refractivity contribution in [3.05, 3.63) is 0 Å². The molecule has 4 aliphatic heterocycles. The molecule has 6 nitrogen and oxygen atoms in total. The Morgan fingerprint density at radius 1 is 1.21 bits per heavy atom. The SMILES string of the molecule is CC1CCC2(CC1)OC[C@@H](CNC(=O)[C@H]1CN3CCCN1CC3)O2. The molecule has 1 aliphatic carbocycles. The number of hydrogen-bond donors (Lipinski definition) is 1. The van der Waals surface area contributed by atoms with Crippen molar-refractivity contribution in [1.29, 1.82) is 0 Å². The molecule has 5 aliphatic rings. The first kappa shape index (κ1) is 16.8. The Labute approximate surface area is 144 Å². The lowest BCUT2D eigenvalue weighted by Gasteiger charge is -2.36. The molecule has 0 aromatic rings. The highest BCUT2D eigenvalue weighted by atomic mass is 16.7. The first-order valence-electron chi connectivity index (χ1n) is 9.69. The molecule has 4 heterocycles. The third-order valence-electron chi connectivity index (χ3n) is 6.25. The maximum absolute atomic E-state index is 12.6. The summed E-state index contributed by atoms with van der Waals surface area (Å²) < 4.78 is 12.2. The van der Waals surface area contributed by atoms with Gasteiger partial charge in [-0.15, -0.1) is 0 Å². The van der Waals surface area contributed by atoms with Crippen molar-refractivity contribution in [3.63, 3.8) is 0 Å². The molecule has 1 N–H and O–H groups in total. The van der Waals surface area contributed by atoms with Crippen molar-refractivity contribution in [3.8, 4) is 0 Å². The van der Waals surface area contributed by atoms with Crippen molar-refractivity contribution in [2.45, 2.75) is 57.0 Å². The Hall–Kier alpha value is -0.690. The highest BCUT2D eigenvalue weighted by molar-refractivity contribution is 5.82. The molecule has 2 unspecified atom stereocenters. The summed E-state index contributed by atoms with van der Waals surface area (Å²) in [5, 5.41) is 3.13. The summed E-state index contributed by atoms with van der Waals surface area (Å²) in [6.45, 7) is 8.63. The van der Waals surface area contributed by atoms with Gasteiger partial charge >= 0.3 is 0 Å². The monoisotopic (exact) mass is 337 g/mol. The number of piperazine rings is 1. The first-order valence-corrected chi connectivity index (χ1v) is 9.69. The number of hydrogen-bond acceptors (Lipinski definition) is 5. The lowest BCUT2D eigenvalue weighted by Crippen LogP contribution is -2.57. The first-order chi connectivity index (χ1) is 11.6. The maximum atomic E-state index is 12.6. The van der Waals surface area contributed by atoms with Crippen molar-refractivity contribution >= 4 is 5.91 Å². The molecule has 0 aromatic carbocycles.